The normalized spacial score (nSPS) is 16.2. The lowest BCUT2D eigenvalue weighted by molar-refractivity contribution is 0.0695. The van der Waals surface area contributed by atoms with Crippen molar-refractivity contribution in [1.29, 1.82) is 0 Å². The van der Waals surface area contributed by atoms with Crippen molar-refractivity contribution >= 4 is 22.6 Å². The number of halogens is 1. The summed E-state index contributed by atoms with van der Waals surface area (Å²) in [6.07, 6.45) is 7.16. The Morgan fingerprint density at radius 1 is 1.29 bits per heavy atom. The zero-order valence-electron chi connectivity index (χ0n) is 14.9. The van der Waals surface area contributed by atoms with Crippen LogP contribution in [0.1, 0.15) is 40.5 Å². The Morgan fingerprint density at radius 3 is 2.86 bits per heavy atom. The second-order valence-corrected chi connectivity index (χ2v) is 7.30. The predicted molar refractivity (Wildman–Crippen MR) is 100 cm³/mol. The predicted octanol–water partition coefficient (Wildman–Crippen LogP) is 2.53. The van der Waals surface area contributed by atoms with Gasteiger partial charge in [-0.05, 0) is 25.0 Å². The van der Waals surface area contributed by atoms with Gasteiger partial charge in [0, 0.05) is 48.9 Å². The Hall–Kier alpha value is -3.29. The Kier molecular flexibility index (Phi) is 3.68. The molecule has 0 unspecified atom stereocenters. The van der Waals surface area contributed by atoms with Gasteiger partial charge in [0.25, 0.3) is 0 Å². The third-order valence-corrected chi connectivity index (χ3v) is 5.47. The van der Waals surface area contributed by atoms with Crippen LogP contribution in [0.4, 0.5) is 10.1 Å². The number of rotatable bonds is 3. The number of aromatic nitrogens is 3. The van der Waals surface area contributed by atoms with E-state index in [-0.39, 0.29) is 17.0 Å². The molecule has 5 rings (SSSR count). The molecule has 1 aromatic carbocycles. The maximum absolute atomic E-state index is 15.0. The van der Waals surface area contributed by atoms with Crippen molar-refractivity contribution in [3.63, 3.8) is 0 Å². The van der Waals surface area contributed by atoms with E-state index in [1.807, 2.05) is 9.47 Å². The summed E-state index contributed by atoms with van der Waals surface area (Å²) in [7, 11) is 0. The Balaban J connectivity index is 1.67. The van der Waals surface area contributed by atoms with Gasteiger partial charge in [-0.3, -0.25) is 4.79 Å². The third-order valence-electron chi connectivity index (χ3n) is 5.47. The minimum Gasteiger partial charge on any atom is -0.477 e. The third kappa shape index (κ3) is 2.64. The van der Waals surface area contributed by atoms with Crippen molar-refractivity contribution in [3.05, 3.63) is 63.7 Å². The van der Waals surface area contributed by atoms with Crippen LogP contribution in [0.3, 0.4) is 0 Å². The lowest BCUT2D eigenvalue weighted by Crippen LogP contribution is -2.32. The second-order valence-electron chi connectivity index (χ2n) is 7.30. The van der Waals surface area contributed by atoms with Crippen LogP contribution in [-0.4, -0.2) is 32.2 Å². The molecule has 1 aliphatic heterocycles. The van der Waals surface area contributed by atoms with Crippen molar-refractivity contribution in [2.45, 2.75) is 31.8 Å². The number of nitrogens with zero attached hydrogens (tertiary/aromatic N) is 4. The highest BCUT2D eigenvalue weighted by molar-refractivity contribution is 5.93. The molecule has 7 nitrogen and oxygen atoms in total. The van der Waals surface area contributed by atoms with E-state index in [4.69, 9.17) is 0 Å². The molecule has 0 bridgehead atoms. The quantitative estimate of drug-likeness (QED) is 0.751. The molecular weight excluding hydrogens is 363 g/mol. The fourth-order valence-electron chi connectivity index (χ4n) is 3.88. The average Bonchev–Trinajstić information content (AvgIpc) is 3.53. The zero-order chi connectivity index (χ0) is 19.4. The highest BCUT2D eigenvalue weighted by Crippen LogP contribution is 2.38. The molecule has 142 valence electrons. The van der Waals surface area contributed by atoms with Crippen LogP contribution in [0, 0.1) is 5.82 Å². The molecule has 0 atom stereocenters. The van der Waals surface area contributed by atoms with Gasteiger partial charge in [-0.15, -0.1) is 0 Å². The number of aromatic carboxylic acids is 1. The molecule has 1 N–H and O–H groups in total. The molecule has 0 radical (unpaired) electrons. The topological polar surface area (TPSA) is 88.3 Å². The number of pyridine rings is 1. The first-order valence-corrected chi connectivity index (χ1v) is 9.17. The Morgan fingerprint density at radius 2 is 2.11 bits per heavy atom. The van der Waals surface area contributed by atoms with Gasteiger partial charge in [-0.1, -0.05) is 0 Å². The van der Waals surface area contributed by atoms with Gasteiger partial charge in [0.2, 0.25) is 5.43 Å². The van der Waals surface area contributed by atoms with Gasteiger partial charge in [-0.25, -0.2) is 19.2 Å². The highest BCUT2D eigenvalue weighted by Gasteiger charge is 2.28. The van der Waals surface area contributed by atoms with Gasteiger partial charge in [0.05, 0.1) is 16.9 Å². The van der Waals surface area contributed by atoms with Crippen molar-refractivity contribution in [2.24, 2.45) is 0 Å². The van der Waals surface area contributed by atoms with Crippen molar-refractivity contribution in [1.82, 2.24) is 14.5 Å². The minimum absolute atomic E-state index is 0.105. The van der Waals surface area contributed by atoms with Gasteiger partial charge in [-0.2, -0.15) is 0 Å². The lowest BCUT2D eigenvalue weighted by Gasteiger charge is -2.30. The smallest absolute Gasteiger partial charge is 0.341 e. The molecule has 28 heavy (non-hydrogen) atoms. The number of carboxylic acids is 1. The Labute approximate surface area is 159 Å². The number of carboxylic acid groups (broad SMARTS) is 1. The molecule has 1 aliphatic carbocycles. The van der Waals surface area contributed by atoms with Gasteiger partial charge < -0.3 is 14.6 Å². The number of fused-ring (bicyclic) bond motifs is 2. The second kappa shape index (κ2) is 6.12. The summed E-state index contributed by atoms with van der Waals surface area (Å²) in [6.45, 7) is 1.09. The van der Waals surface area contributed by atoms with E-state index in [1.54, 1.807) is 12.3 Å². The largest absolute Gasteiger partial charge is 0.477 e. The summed E-state index contributed by atoms with van der Waals surface area (Å²) >= 11 is 0. The van der Waals surface area contributed by atoms with E-state index in [9.17, 15) is 19.1 Å². The summed E-state index contributed by atoms with van der Waals surface area (Å²) in [4.78, 5) is 34.3. The first kappa shape index (κ1) is 16.9. The summed E-state index contributed by atoms with van der Waals surface area (Å²) in [5, 5.41) is 9.45. The lowest BCUT2D eigenvalue weighted by atomic mass is 10.0. The summed E-state index contributed by atoms with van der Waals surface area (Å²) in [5.41, 5.74) is 1.92. The molecule has 1 saturated carbocycles. The molecule has 0 spiro atoms. The SMILES string of the molecule is O=C(O)c1cn(C2CC2)c2cc(N3CCc4ncncc4C3)c(F)cc2c1=O. The standard InChI is InChI=1S/C20H17FN4O3/c21-15-5-13-17(25(12-1-2-12)9-14(19(13)26)20(27)28)6-18(15)24-4-3-16-11(8-24)7-22-10-23-16/h5-7,9-10,12H,1-4,8H2,(H,27,28). The van der Waals surface area contributed by atoms with Crippen molar-refractivity contribution in [2.75, 3.05) is 11.4 Å². The monoisotopic (exact) mass is 380 g/mol. The molecular formula is C20H17FN4O3. The number of hydrogen-bond donors (Lipinski definition) is 1. The zero-order valence-corrected chi connectivity index (χ0v) is 14.9. The molecule has 0 amide bonds. The number of anilines is 1. The molecule has 2 aliphatic rings. The van der Waals surface area contributed by atoms with E-state index in [0.29, 0.717) is 30.7 Å². The molecule has 1 fully saturated rings. The van der Waals surface area contributed by atoms with Crippen LogP contribution in [0.5, 0.6) is 0 Å². The van der Waals surface area contributed by atoms with Crippen molar-refractivity contribution < 1.29 is 14.3 Å². The van der Waals surface area contributed by atoms with Crippen LogP contribution < -0.4 is 10.3 Å². The number of benzene rings is 1. The molecule has 8 heteroatoms. The van der Waals surface area contributed by atoms with E-state index >= 15 is 0 Å². The van der Waals surface area contributed by atoms with Crippen molar-refractivity contribution in [3.8, 4) is 0 Å². The number of carbonyl (C=O) groups is 1. The highest BCUT2D eigenvalue weighted by atomic mass is 19.1. The summed E-state index contributed by atoms with van der Waals surface area (Å²) in [5.74, 6) is -1.83. The van der Waals surface area contributed by atoms with Crippen LogP contribution in [0.25, 0.3) is 10.9 Å². The molecule has 2 aromatic heterocycles. The first-order chi connectivity index (χ1) is 13.5. The first-order valence-electron chi connectivity index (χ1n) is 9.17. The maximum atomic E-state index is 15.0. The van der Waals surface area contributed by atoms with Crippen LogP contribution >= 0.6 is 0 Å². The van der Waals surface area contributed by atoms with Crippen LogP contribution in [0.2, 0.25) is 0 Å². The molecule has 0 saturated heterocycles. The molecule has 3 heterocycles. The van der Waals surface area contributed by atoms with E-state index in [2.05, 4.69) is 9.97 Å². The van der Waals surface area contributed by atoms with Crippen LogP contribution in [0.15, 0.2) is 35.6 Å². The van der Waals surface area contributed by atoms with E-state index in [0.717, 1.165) is 24.1 Å². The fourth-order valence-corrected chi connectivity index (χ4v) is 3.88. The summed E-state index contributed by atoms with van der Waals surface area (Å²) in [6, 6.07) is 3.00. The van der Waals surface area contributed by atoms with Gasteiger partial charge in [0.1, 0.15) is 17.7 Å². The summed E-state index contributed by atoms with van der Waals surface area (Å²) < 4.78 is 16.8. The fraction of sp³-hybridized carbons (Fsp3) is 0.300. The Bertz CT molecular complexity index is 1190. The molecule has 3 aromatic rings. The van der Waals surface area contributed by atoms with Gasteiger partial charge in [0.15, 0.2) is 0 Å². The van der Waals surface area contributed by atoms with E-state index < -0.39 is 17.2 Å². The number of hydrogen-bond acceptors (Lipinski definition) is 5. The van der Waals surface area contributed by atoms with Gasteiger partial charge >= 0.3 is 5.97 Å². The maximum Gasteiger partial charge on any atom is 0.341 e. The van der Waals surface area contributed by atoms with E-state index in [1.165, 1.54) is 18.6 Å². The minimum atomic E-state index is -1.29. The van der Waals surface area contributed by atoms with Crippen LogP contribution in [-0.2, 0) is 13.0 Å². The average molecular weight is 380 g/mol.